The largest absolute Gasteiger partial charge is 0.344 e. The van der Waals surface area contributed by atoms with Crippen LogP contribution in [0.25, 0.3) is 0 Å². The van der Waals surface area contributed by atoms with Crippen molar-refractivity contribution in [3.8, 4) is 0 Å². The molecule has 0 aliphatic heterocycles. The number of carbonyl (C=O) groups is 2. The Kier molecular flexibility index (Phi) is 5.80. The highest BCUT2D eigenvalue weighted by Gasteiger charge is 2.55. The van der Waals surface area contributed by atoms with Crippen LogP contribution < -0.4 is 15.4 Å². The third-order valence-corrected chi connectivity index (χ3v) is 9.62. The number of amides is 2. The number of hydrogen-bond acceptors (Lipinski definition) is 4. The second kappa shape index (κ2) is 8.38. The van der Waals surface area contributed by atoms with E-state index in [9.17, 15) is 18.0 Å². The fraction of sp³-hybridized carbons (Fsp3) is 0.680. The molecule has 0 spiro atoms. The van der Waals surface area contributed by atoms with Crippen molar-refractivity contribution in [1.29, 1.82) is 0 Å². The second-order valence-electron chi connectivity index (χ2n) is 11.3. The Morgan fingerprint density at radius 2 is 1.48 bits per heavy atom. The molecule has 0 saturated heterocycles. The van der Waals surface area contributed by atoms with E-state index in [1.165, 1.54) is 31.4 Å². The van der Waals surface area contributed by atoms with Gasteiger partial charge in [-0.1, -0.05) is 13.8 Å². The van der Waals surface area contributed by atoms with Crippen molar-refractivity contribution in [2.75, 3.05) is 5.32 Å². The summed E-state index contributed by atoms with van der Waals surface area (Å²) in [6.07, 6.45) is 8.43. The molecule has 7 nitrogen and oxygen atoms in total. The second-order valence-corrected chi connectivity index (χ2v) is 13.0. The number of carbonyl (C=O) groups excluding carboxylic acids is 2. The summed E-state index contributed by atoms with van der Waals surface area (Å²) in [7, 11) is -3.53. The summed E-state index contributed by atoms with van der Waals surface area (Å²) < 4.78 is 27.4. The molecule has 33 heavy (non-hydrogen) atoms. The van der Waals surface area contributed by atoms with Gasteiger partial charge in [0.2, 0.25) is 21.8 Å². The third-order valence-electron chi connectivity index (χ3n) is 8.09. The monoisotopic (exact) mass is 473 g/mol. The summed E-state index contributed by atoms with van der Waals surface area (Å²) in [4.78, 5) is 26.7. The molecule has 2 amide bonds. The average molecular weight is 474 g/mol. The molecule has 5 saturated carbocycles. The lowest BCUT2D eigenvalue weighted by molar-refractivity contribution is -0.148. The average Bonchev–Trinajstić information content (AvgIpc) is 3.54. The minimum atomic E-state index is -3.53. The van der Waals surface area contributed by atoms with Gasteiger partial charge in [0, 0.05) is 17.1 Å². The zero-order chi connectivity index (χ0) is 23.4. The molecule has 0 radical (unpaired) electrons. The van der Waals surface area contributed by atoms with Crippen LogP contribution in [0.1, 0.15) is 65.2 Å². The van der Waals surface area contributed by atoms with Gasteiger partial charge in [0.05, 0.1) is 4.90 Å². The van der Waals surface area contributed by atoms with Gasteiger partial charge in [-0.2, -0.15) is 0 Å². The maximum absolute atomic E-state index is 13.5. The summed E-state index contributed by atoms with van der Waals surface area (Å²) in [6.45, 7) is 3.87. The normalized spacial score (nSPS) is 31.4. The van der Waals surface area contributed by atoms with Crippen LogP contribution >= 0.6 is 0 Å². The zero-order valence-electron chi connectivity index (χ0n) is 19.5. The van der Waals surface area contributed by atoms with Gasteiger partial charge in [0.15, 0.2) is 0 Å². The van der Waals surface area contributed by atoms with Gasteiger partial charge in [-0.3, -0.25) is 9.59 Å². The molecule has 0 aromatic heterocycles. The number of benzene rings is 1. The fourth-order valence-corrected chi connectivity index (χ4v) is 7.95. The topological polar surface area (TPSA) is 104 Å². The van der Waals surface area contributed by atoms with Crippen LogP contribution in [0.15, 0.2) is 29.2 Å². The van der Waals surface area contributed by atoms with Crippen molar-refractivity contribution in [3.05, 3.63) is 24.3 Å². The SMILES string of the molecule is CC(C)[C@@H](NC(=O)C12CC3CC(CC(C3)C1)C2)C(=O)Nc1ccc(S(=O)(=O)NC2CC2)cc1. The Morgan fingerprint density at radius 3 is 1.97 bits per heavy atom. The highest BCUT2D eigenvalue weighted by molar-refractivity contribution is 7.89. The van der Waals surface area contributed by atoms with Crippen molar-refractivity contribution in [2.45, 2.75) is 82.2 Å². The van der Waals surface area contributed by atoms with E-state index in [4.69, 9.17) is 0 Å². The summed E-state index contributed by atoms with van der Waals surface area (Å²) in [5, 5.41) is 5.97. The van der Waals surface area contributed by atoms with E-state index < -0.39 is 16.1 Å². The van der Waals surface area contributed by atoms with Crippen LogP contribution in [0.5, 0.6) is 0 Å². The molecular weight excluding hydrogens is 438 g/mol. The van der Waals surface area contributed by atoms with E-state index in [-0.39, 0.29) is 34.1 Å². The first kappa shape index (κ1) is 22.8. The van der Waals surface area contributed by atoms with Crippen LogP contribution in [-0.2, 0) is 19.6 Å². The standard InChI is InChI=1S/C25H35N3O4S/c1-15(2)22(27-24(30)25-12-16-9-17(13-25)11-18(10-16)14-25)23(29)26-19-5-7-21(8-6-19)33(31,32)28-20-3-4-20/h5-8,15-18,20,22,28H,3-4,9-14H2,1-2H3,(H,26,29)(H,27,30)/t16?,17?,18?,22-,25?/m1/s1. The van der Waals surface area contributed by atoms with Gasteiger partial charge >= 0.3 is 0 Å². The molecule has 0 unspecified atom stereocenters. The molecule has 0 heterocycles. The molecule has 1 aromatic rings. The van der Waals surface area contributed by atoms with Crippen LogP contribution in [0.2, 0.25) is 0 Å². The number of nitrogens with one attached hydrogen (secondary N) is 3. The predicted octanol–water partition coefficient (Wildman–Crippen LogP) is 3.42. The summed E-state index contributed by atoms with van der Waals surface area (Å²) in [6, 6.07) is 5.59. The van der Waals surface area contributed by atoms with Gasteiger partial charge in [0.25, 0.3) is 0 Å². The van der Waals surface area contributed by atoms with E-state index in [2.05, 4.69) is 15.4 Å². The predicted molar refractivity (Wildman–Crippen MR) is 126 cm³/mol. The van der Waals surface area contributed by atoms with E-state index in [0.717, 1.165) is 32.1 Å². The van der Waals surface area contributed by atoms with Crippen LogP contribution in [0.4, 0.5) is 5.69 Å². The highest BCUT2D eigenvalue weighted by atomic mass is 32.2. The van der Waals surface area contributed by atoms with Crippen molar-refractivity contribution in [1.82, 2.24) is 10.0 Å². The molecule has 1 aromatic carbocycles. The molecule has 6 rings (SSSR count). The first-order chi connectivity index (χ1) is 15.6. The fourth-order valence-electron chi connectivity index (χ4n) is 6.64. The van der Waals surface area contributed by atoms with Crippen molar-refractivity contribution < 1.29 is 18.0 Å². The molecule has 1 atom stereocenters. The molecule has 5 fully saturated rings. The Morgan fingerprint density at radius 1 is 0.939 bits per heavy atom. The van der Waals surface area contributed by atoms with Gasteiger partial charge in [-0.05, 0) is 99.3 Å². The van der Waals surface area contributed by atoms with E-state index in [1.807, 2.05) is 13.8 Å². The smallest absolute Gasteiger partial charge is 0.247 e. The molecule has 8 heteroatoms. The lowest BCUT2D eigenvalue weighted by atomic mass is 9.49. The van der Waals surface area contributed by atoms with Crippen LogP contribution in [0, 0.1) is 29.1 Å². The van der Waals surface area contributed by atoms with E-state index >= 15 is 0 Å². The Balaban J connectivity index is 1.24. The van der Waals surface area contributed by atoms with Crippen molar-refractivity contribution in [2.24, 2.45) is 29.1 Å². The molecule has 5 aliphatic rings. The molecule has 4 bridgehead atoms. The maximum atomic E-state index is 13.5. The molecule has 180 valence electrons. The number of hydrogen-bond donors (Lipinski definition) is 3. The maximum Gasteiger partial charge on any atom is 0.247 e. The van der Waals surface area contributed by atoms with Gasteiger partial charge in [-0.15, -0.1) is 0 Å². The lowest BCUT2D eigenvalue weighted by Crippen LogP contribution is -2.57. The Bertz CT molecular complexity index is 995. The molecule has 3 N–H and O–H groups in total. The highest BCUT2D eigenvalue weighted by Crippen LogP contribution is 2.60. The van der Waals surface area contributed by atoms with Crippen LogP contribution in [-0.4, -0.2) is 32.3 Å². The Hall–Kier alpha value is -1.93. The first-order valence-electron chi connectivity index (χ1n) is 12.4. The van der Waals surface area contributed by atoms with Crippen LogP contribution in [0.3, 0.4) is 0 Å². The third kappa shape index (κ3) is 4.69. The van der Waals surface area contributed by atoms with E-state index in [1.54, 1.807) is 12.1 Å². The molecule has 5 aliphatic carbocycles. The van der Waals surface area contributed by atoms with Gasteiger partial charge < -0.3 is 10.6 Å². The Labute approximate surface area is 196 Å². The first-order valence-corrected chi connectivity index (χ1v) is 13.9. The number of rotatable bonds is 8. The molecular formula is C25H35N3O4S. The van der Waals surface area contributed by atoms with Gasteiger partial charge in [-0.25, -0.2) is 13.1 Å². The lowest BCUT2D eigenvalue weighted by Gasteiger charge is -2.55. The van der Waals surface area contributed by atoms with Crippen molar-refractivity contribution in [3.63, 3.8) is 0 Å². The summed E-state index contributed by atoms with van der Waals surface area (Å²) in [5.41, 5.74) is 0.215. The quantitative estimate of drug-likeness (QED) is 0.538. The minimum absolute atomic E-state index is 0.0405. The summed E-state index contributed by atoms with van der Waals surface area (Å²) in [5.74, 6) is 1.70. The minimum Gasteiger partial charge on any atom is -0.344 e. The zero-order valence-corrected chi connectivity index (χ0v) is 20.3. The van der Waals surface area contributed by atoms with E-state index in [0.29, 0.717) is 23.4 Å². The van der Waals surface area contributed by atoms with Crippen molar-refractivity contribution >= 4 is 27.5 Å². The summed E-state index contributed by atoms with van der Waals surface area (Å²) >= 11 is 0. The number of anilines is 1. The van der Waals surface area contributed by atoms with Gasteiger partial charge in [0.1, 0.15) is 6.04 Å². The number of sulfonamides is 1.